The summed E-state index contributed by atoms with van der Waals surface area (Å²) < 4.78 is 17.8. The highest BCUT2D eigenvalue weighted by atomic mass is 16.5. The van der Waals surface area contributed by atoms with Gasteiger partial charge in [-0.05, 0) is 24.6 Å². The molecule has 1 aliphatic heterocycles. The van der Waals surface area contributed by atoms with Crippen molar-refractivity contribution in [3.63, 3.8) is 0 Å². The molecular formula is C14H17N3O3. The summed E-state index contributed by atoms with van der Waals surface area (Å²) in [6.07, 6.45) is 2.93. The highest BCUT2D eigenvalue weighted by Gasteiger charge is 2.19. The van der Waals surface area contributed by atoms with Gasteiger partial charge >= 0.3 is 0 Å². The van der Waals surface area contributed by atoms with Crippen LogP contribution in [-0.4, -0.2) is 42.4 Å². The van der Waals surface area contributed by atoms with Gasteiger partial charge in [0, 0.05) is 12.2 Å². The Balaban J connectivity index is 1.88. The van der Waals surface area contributed by atoms with Crippen LogP contribution in [0.5, 0.6) is 11.5 Å². The van der Waals surface area contributed by atoms with Crippen molar-refractivity contribution in [2.75, 3.05) is 27.4 Å². The molecule has 1 unspecified atom stereocenters. The van der Waals surface area contributed by atoms with E-state index in [0.29, 0.717) is 18.1 Å². The molecule has 3 rings (SSSR count). The monoisotopic (exact) mass is 275 g/mol. The molecule has 0 amide bonds. The van der Waals surface area contributed by atoms with Crippen molar-refractivity contribution in [3.05, 3.63) is 24.4 Å². The lowest BCUT2D eigenvalue weighted by molar-refractivity contribution is 0.184. The lowest BCUT2D eigenvalue weighted by Crippen LogP contribution is -2.08. The minimum absolute atomic E-state index is 0.288. The van der Waals surface area contributed by atoms with Crippen LogP contribution >= 0.6 is 0 Å². The summed E-state index contributed by atoms with van der Waals surface area (Å²) in [5.74, 6) is 1.39. The van der Waals surface area contributed by atoms with Gasteiger partial charge in [-0.2, -0.15) is 0 Å². The van der Waals surface area contributed by atoms with Crippen molar-refractivity contribution in [2.45, 2.75) is 12.5 Å². The molecule has 0 saturated carbocycles. The second-order valence-electron chi connectivity index (χ2n) is 4.67. The number of hydrogen-bond acceptors (Lipinski definition) is 5. The van der Waals surface area contributed by atoms with Gasteiger partial charge in [0.05, 0.1) is 33.1 Å². The summed E-state index contributed by atoms with van der Waals surface area (Å²) in [6.45, 7) is 1.49. The Morgan fingerprint density at radius 3 is 2.80 bits per heavy atom. The lowest BCUT2D eigenvalue weighted by atomic mass is 10.1. The number of ether oxygens (including phenoxy) is 3. The van der Waals surface area contributed by atoms with Gasteiger partial charge in [0.2, 0.25) is 0 Å². The molecule has 1 fully saturated rings. The number of rotatable bonds is 4. The number of nitrogens with zero attached hydrogens (tertiary/aromatic N) is 3. The fraction of sp³-hybridized carbons (Fsp3) is 0.429. The SMILES string of the molecule is COc1ccc(-c2cn(C3CCOC3)nn2)cc1OC. The van der Waals surface area contributed by atoms with Crippen LogP contribution in [0.4, 0.5) is 0 Å². The average molecular weight is 275 g/mol. The lowest BCUT2D eigenvalue weighted by Gasteiger charge is -2.08. The van der Waals surface area contributed by atoms with E-state index in [4.69, 9.17) is 14.2 Å². The van der Waals surface area contributed by atoms with E-state index in [9.17, 15) is 0 Å². The Labute approximate surface area is 117 Å². The van der Waals surface area contributed by atoms with E-state index in [1.54, 1.807) is 14.2 Å². The second-order valence-corrected chi connectivity index (χ2v) is 4.67. The maximum atomic E-state index is 5.37. The maximum Gasteiger partial charge on any atom is 0.161 e. The molecule has 1 aliphatic rings. The number of benzene rings is 1. The highest BCUT2D eigenvalue weighted by molar-refractivity contribution is 5.63. The predicted octanol–water partition coefficient (Wildman–Crippen LogP) is 1.92. The van der Waals surface area contributed by atoms with E-state index in [-0.39, 0.29) is 6.04 Å². The molecule has 0 radical (unpaired) electrons. The summed E-state index contributed by atoms with van der Waals surface area (Å²) in [5.41, 5.74) is 1.77. The Morgan fingerprint density at radius 2 is 2.10 bits per heavy atom. The van der Waals surface area contributed by atoms with Gasteiger partial charge in [-0.15, -0.1) is 5.10 Å². The van der Waals surface area contributed by atoms with Crippen molar-refractivity contribution in [1.29, 1.82) is 0 Å². The van der Waals surface area contributed by atoms with Crippen LogP contribution in [-0.2, 0) is 4.74 Å². The van der Waals surface area contributed by atoms with E-state index in [1.165, 1.54) is 0 Å². The molecule has 1 atom stereocenters. The summed E-state index contributed by atoms with van der Waals surface area (Å²) in [6, 6.07) is 6.00. The van der Waals surface area contributed by atoms with Gasteiger partial charge in [-0.25, -0.2) is 4.68 Å². The first-order valence-corrected chi connectivity index (χ1v) is 6.54. The molecule has 1 saturated heterocycles. The molecule has 0 N–H and O–H groups in total. The Kier molecular flexibility index (Phi) is 3.56. The predicted molar refractivity (Wildman–Crippen MR) is 73.0 cm³/mol. The first kappa shape index (κ1) is 12.9. The van der Waals surface area contributed by atoms with Crippen LogP contribution in [0.3, 0.4) is 0 Å². The zero-order valence-corrected chi connectivity index (χ0v) is 11.6. The molecule has 1 aromatic heterocycles. The molecule has 2 heterocycles. The van der Waals surface area contributed by atoms with Gasteiger partial charge in [-0.3, -0.25) is 0 Å². The van der Waals surface area contributed by atoms with Gasteiger partial charge in [0.25, 0.3) is 0 Å². The minimum atomic E-state index is 0.288. The molecule has 2 aromatic rings. The van der Waals surface area contributed by atoms with E-state index in [2.05, 4.69) is 10.3 Å². The highest BCUT2D eigenvalue weighted by Crippen LogP contribution is 2.31. The normalized spacial score (nSPS) is 18.2. The largest absolute Gasteiger partial charge is 0.493 e. The quantitative estimate of drug-likeness (QED) is 0.853. The van der Waals surface area contributed by atoms with Crippen LogP contribution in [0, 0.1) is 0 Å². The molecule has 0 aliphatic carbocycles. The molecule has 20 heavy (non-hydrogen) atoms. The fourth-order valence-electron chi connectivity index (χ4n) is 2.31. The van der Waals surface area contributed by atoms with E-state index < -0.39 is 0 Å². The standard InChI is InChI=1S/C14H17N3O3/c1-18-13-4-3-10(7-14(13)19-2)12-8-17(16-15-12)11-5-6-20-9-11/h3-4,7-8,11H,5-6,9H2,1-2H3. The molecule has 106 valence electrons. The number of hydrogen-bond donors (Lipinski definition) is 0. The van der Waals surface area contributed by atoms with E-state index >= 15 is 0 Å². The van der Waals surface area contributed by atoms with Crippen LogP contribution < -0.4 is 9.47 Å². The molecule has 6 nitrogen and oxygen atoms in total. The Morgan fingerprint density at radius 1 is 1.25 bits per heavy atom. The molecule has 0 bridgehead atoms. The summed E-state index contributed by atoms with van der Waals surface area (Å²) in [7, 11) is 3.24. The van der Waals surface area contributed by atoms with Crippen molar-refractivity contribution < 1.29 is 14.2 Å². The zero-order chi connectivity index (χ0) is 13.9. The fourth-order valence-corrected chi connectivity index (χ4v) is 2.31. The van der Waals surface area contributed by atoms with Crippen molar-refractivity contribution in [2.24, 2.45) is 0 Å². The third-order valence-corrected chi connectivity index (χ3v) is 3.47. The first-order chi connectivity index (χ1) is 9.81. The van der Waals surface area contributed by atoms with Crippen LogP contribution in [0.2, 0.25) is 0 Å². The molecule has 1 aromatic carbocycles. The third kappa shape index (κ3) is 2.34. The molecule has 6 heteroatoms. The van der Waals surface area contributed by atoms with E-state index in [0.717, 1.165) is 24.3 Å². The van der Waals surface area contributed by atoms with E-state index in [1.807, 2.05) is 29.1 Å². The third-order valence-electron chi connectivity index (χ3n) is 3.47. The first-order valence-electron chi connectivity index (χ1n) is 6.54. The van der Waals surface area contributed by atoms with Crippen molar-refractivity contribution in [1.82, 2.24) is 15.0 Å². The molecule has 0 spiro atoms. The van der Waals surface area contributed by atoms with Gasteiger partial charge in [-0.1, -0.05) is 5.21 Å². The summed E-state index contributed by atoms with van der Waals surface area (Å²) >= 11 is 0. The average Bonchev–Trinajstić information content (AvgIpc) is 3.16. The van der Waals surface area contributed by atoms with Crippen LogP contribution in [0.25, 0.3) is 11.3 Å². The van der Waals surface area contributed by atoms with Gasteiger partial charge < -0.3 is 14.2 Å². The smallest absolute Gasteiger partial charge is 0.161 e. The van der Waals surface area contributed by atoms with Crippen LogP contribution in [0.15, 0.2) is 24.4 Å². The topological polar surface area (TPSA) is 58.4 Å². The number of aromatic nitrogens is 3. The van der Waals surface area contributed by atoms with Crippen molar-refractivity contribution >= 4 is 0 Å². The number of methoxy groups -OCH3 is 2. The van der Waals surface area contributed by atoms with Gasteiger partial charge in [0.15, 0.2) is 11.5 Å². The zero-order valence-electron chi connectivity index (χ0n) is 11.6. The van der Waals surface area contributed by atoms with Crippen LogP contribution in [0.1, 0.15) is 12.5 Å². The van der Waals surface area contributed by atoms with Crippen molar-refractivity contribution in [3.8, 4) is 22.8 Å². The summed E-state index contributed by atoms with van der Waals surface area (Å²) in [5, 5.41) is 8.41. The second kappa shape index (κ2) is 5.50. The Bertz CT molecular complexity index is 591. The summed E-state index contributed by atoms with van der Waals surface area (Å²) in [4.78, 5) is 0. The van der Waals surface area contributed by atoms with Gasteiger partial charge in [0.1, 0.15) is 5.69 Å². The maximum absolute atomic E-state index is 5.37. The minimum Gasteiger partial charge on any atom is -0.493 e. The molecular weight excluding hydrogens is 258 g/mol. The Hall–Kier alpha value is -2.08.